The average molecular weight is 590 g/mol. The number of hydrazine groups is 1. The van der Waals surface area contributed by atoms with Crippen LogP contribution in [-0.2, 0) is 0 Å². The summed E-state index contributed by atoms with van der Waals surface area (Å²) < 4.78 is 7.30. The summed E-state index contributed by atoms with van der Waals surface area (Å²) in [4.78, 5) is 24.9. The molecule has 6 nitrogen and oxygen atoms in total. The van der Waals surface area contributed by atoms with Gasteiger partial charge in [-0.3, -0.25) is 25.8 Å². The number of amides is 2. The fourth-order valence-electron chi connectivity index (χ4n) is 2.24. The molecule has 0 saturated carbocycles. The van der Waals surface area contributed by atoms with E-state index in [4.69, 9.17) is 17.0 Å². The molecule has 2 rings (SSSR count). The van der Waals surface area contributed by atoms with Crippen LogP contribution in [-0.4, -0.2) is 23.5 Å². The van der Waals surface area contributed by atoms with Gasteiger partial charge in [0.05, 0.1) is 17.7 Å². The molecule has 9 heteroatoms. The Morgan fingerprint density at radius 1 is 1.10 bits per heavy atom. The van der Waals surface area contributed by atoms with Crippen molar-refractivity contribution in [3.05, 3.63) is 61.6 Å². The molecule has 154 valence electrons. The summed E-state index contributed by atoms with van der Waals surface area (Å²) >= 11 is 10.6. The summed E-state index contributed by atoms with van der Waals surface area (Å²) in [6.07, 6.45) is 0.876. The first-order valence-electron chi connectivity index (χ1n) is 8.86. The molecule has 29 heavy (non-hydrogen) atoms. The zero-order valence-corrected chi connectivity index (χ0v) is 20.5. The van der Waals surface area contributed by atoms with Crippen molar-refractivity contribution in [2.45, 2.75) is 20.3 Å². The maximum atomic E-state index is 12.6. The van der Waals surface area contributed by atoms with Crippen LogP contribution in [0.25, 0.3) is 0 Å². The first-order valence-corrected chi connectivity index (χ1v) is 11.1. The smallest absolute Gasteiger partial charge is 0.270 e. The highest BCUT2D eigenvalue weighted by Crippen LogP contribution is 2.23. The van der Waals surface area contributed by atoms with Crippen LogP contribution in [0.2, 0.25) is 0 Å². The average Bonchev–Trinajstić information content (AvgIpc) is 2.67. The van der Waals surface area contributed by atoms with Crippen LogP contribution in [0.1, 0.15) is 41.0 Å². The van der Waals surface area contributed by atoms with Crippen molar-refractivity contribution >= 4 is 67.7 Å². The van der Waals surface area contributed by atoms with E-state index < -0.39 is 5.91 Å². The van der Waals surface area contributed by atoms with Crippen LogP contribution in [0.3, 0.4) is 0 Å². The van der Waals surface area contributed by atoms with Gasteiger partial charge in [0.25, 0.3) is 11.8 Å². The first kappa shape index (κ1) is 23.6. The molecule has 3 N–H and O–H groups in total. The van der Waals surface area contributed by atoms with Gasteiger partial charge in [-0.15, -0.1) is 0 Å². The lowest BCUT2D eigenvalue weighted by atomic mass is 10.1. The number of hydrogen-bond donors (Lipinski definition) is 3. The quantitative estimate of drug-likeness (QED) is 0.264. The summed E-state index contributed by atoms with van der Waals surface area (Å²) in [5.74, 6) is 0.173. The van der Waals surface area contributed by atoms with E-state index in [1.165, 1.54) is 0 Å². The third-order valence-electron chi connectivity index (χ3n) is 3.77. The summed E-state index contributed by atoms with van der Waals surface area (Å²) in [6.45, 7) is 4.72. The van der Waals surface area contributed by atoms with Crippen molar-refractivity contribution in [1.29, 1.82) is 0 Å². The topological polar surface area (TPSA) is 79.5 Å². The fourth-order valence-corrected chi connectivity index (χ4v) is 3.38. The third kappa shape index (κ3) is 7.56. The maximum absolute atomic E-state index is 12.6. The van der Waals surface area contributed by atoms with Crippen LogP contribution in [0.4, 0.5) is 0 Å². The molecule has 0 heterocycles. The second kappa shape index (κ2) is 11.5. The Hall–Kier alpha value is -1.72. The second-order valence-corrected chi connectivity index (χ2v) is 9.00. The number of nitrogens with one attached hydrogen (secondary N) is 3. The Bertz CT molecular complexity index is 908. The molecule has 0 aliphatic heterocycles. The highest BCUT2D eigenvalue weighted by Gasteiger charge is 2.16. The van der Waals surface area contributed by atoms with Gasteiger partial charge in [-0.25, -0.2) is 0 Å². The van der Waals surface area contributed by atoms with Gasteiger partial charge in [0.15, 0.2) is 5.11 Å². The minimum atomic E-state index is -0.438. The SMILES string of the molecule is CC(C)CCOc1ccc(Br)cc1C(=O)NC(=S)NNC(=O)c1ccccc1I. The fraction of sp³-hybridized carbons (Fsp3) is 0.250. The molecule has 2 amide bonds. The molecule has 0 aromatic heterocycles. The molecule has 0 aliphatic rings. The Labute approximate surface area is 197 Å². The standard InChI is InChI=1S/C20H21BrIN3O3S/c1-12(2)9-10-28-17-8-7-13(21)11-15(17)18(26)23-20(29)25-24-19(27)14-5-3-4-6-16(14)22/h3-8,11-12H,9-10H2,1-2H3,(H,24,27)(H2,23,25,26,29). The van der Waals surface area contributed by atoms with Crippen LogP contribution >= 0.6 is 50.7 Å². The van der Waals surface area contributed by atoms with E-state index in [0.29, 0.717) is 29.4 Å². The lowest BCUT2D eigenvalue weighted by Gasteiger charge is -2.14. The lowest BCUT2D eigenvalue weighted by Crippen LogP contribution is -2.48. The Kier molecular flexibility index (Phi) is 9.31. The van der Waals surface area contributed by atoms with Gasteiger partial charge >= 0.3 is 0 Å². The largest absolute Gasteiger partial charge is 0.493 e. The van der Waals surface area contributed by atoms with Crippen molar-refractivity contribution in [2.24, 2.45) is 5.92 Å². The minimum Gasteiger partial charge on any atom is -0.493 e. The molecule has 0 atom stereocenters. The van der Waals surface area contributed by atoms with Gasteiger partial charge in [-0.2, -0.15) is 0 Å². The predicted molar refractivity (Wildman–Crippen MR) is 129 cm³/mol. The molecule has 2 aromatic carbocycles. The van der Waals surface area contributed by atoms with Crippen molar-refractivity contribution in [2.75, 3.05) is 6.61 Å². The normalized spacial score (nSPS) is 10.4. The molecule has 0 unspecified atom stereocenters. The first-order chi connectivity index (χ1) is 13.8. The number of thiocarbonyl (C=S) groups is 1. The maximum Gasteiger partial charge on any atom is 0.270 e. The van der Waals surface area contributed by atoms with E-state index in [1.807, 2.05) is 12.1 Å². The zero-order chi connectivity index (χ0) is 21.4. The molecule has 0 bridgehead atoms. The molecule has 0 aliphatic carbocycles. The van der Waals surface area contributed by atoms with Crippen LogP contribution in [0, 0.1) is 9.49 Å². The van der Waals surface area contributed by atoms with E-state index >= 15 is 0 Å². The van der Waals surface area contributed by atoms with Crippen LogP contribution in [0.5, 0.6) is 5.75 Å². The number of carbonyl (C=O) groups is 2. The van der Waals surface area contributed by atoms with E-state index in [9.17, 15) is 9.59 Å². The van der Waals surface area contributed by atoms with Gasteiger partial charge in [-0.05, 0) is 77.5 Å². The van der Waals surface area contributed by atoms with Crippen molar-refractivity contribution < 1.29 is 14.3 Å². The molecule has 0 fully saturated rings. The van der Waals surface area contributed by atoms with Gasteiger partial charge in [0.1, 0.15) is 5.75 Å². The third-order valence-corrected chi connectivity index (χ3v) is 5.41. The Balaban J connectivity index is 1.96. The molecule has 0 saturated heterocycles. The Morgan fingerprint density at radius 3 is 2.52 bits per heavy atom. The number of rotatable bonds is 6. The number of hydrogen-bond acceptors (Lipinski definition) is 4. The van der Waals surface area contributed by atoms with Gasteiger partial charge < -0.3 is 4.74 Å². The van der Waals surface area contributed by atoms with Crippen molar-refractivity contribution in [1.82, 2.24) is 16.2 Å². The van der Waals surface area contributed by atoms with E-state index in [1.54, 1.807) is 30.3 Å². The van der Waals surface area contributed by atoms with Gasteiger partial charge in [0, 0.05) is 8.04 Å². The van der Waals surface area contributed by atoms with E-state index in [0.717, 1.165) is 14.5 Å². The number of ether oxygens (including phenoxy) is 1. The van der Waals surface area contributed by atoms with E-state index in [-0.39, 0.29) is 11.0 Å². The van der Waals surface area contributed by atoms with Gasteiger partial charge in [0.2, 0.25) is 0 Å². The zero-order valence-electron chi connectivity index (χ0n) is 15.9. The summed E-state index contributed by atoms with van der Waals surface area (Å²) in [6, 6.07) is 12.3. The van der Waals surface area contributed by atoms with Crippen molar-refractivity contribution in [3.63, 3.8) is 0 Å². The number of benzene rings is 2. The molecule has 0 spiro atoms. The highest BCUT2D eigenvalue weighted by molar-refractivity contribution is 14.1. The number of halogens is 2. The minimum absolute atomic E-state index is 0.0256. The predicted octanol–water partition coefficient (Wildman–Crippen LogP) is 4.43. The molecular formula is C20H21BrIN3O3S. The highest BCUT2D eigenvalue weighted by atomic mass is 127. The monoisotopic (exact) mass is 589 g/mol. The molecule has 2 aromatic rings. The van der Waals surface area contributed by atoms with Crippen LogP contribution < -0.4 is 20.9 Å². The Morgan fingerprint density at radius 2 is 1.83 bits per heavy atom. The van der Waals surface area contributed by atoms with Gasteiger partial charge in [-0.1, -0.05) is 41.9 Å². The van der Waals surface area contributed by atoms with Crippen molar-refractivity contribution in [3.8, 4) is 5.75 Å². The summed E-state index contributed by atoms with van der Waals surface area (Å²) in [5.41, 5.74) is 5.87. The number of carbonyl (C=O) groups excluding carboxylic acids is 2. The summed E-state index contributed by atoms with van der Waals surface area (Å²) in [5, 5.41) is 2.52. The lowest BCUT2D eigenvalue weighted by molar-refractivity contribution is 0.0933. The molecular weight excluding hydrogens is 569 g/mol. The van der Waals surface area contributed by atoms with E-state index in [2.05, 4.69) is 68.5 Å². The van der Waals surface area contributed by atoms with Crippen LogP contribution in [0.15, 0.2) is 46.9 Å². The summed E-state index contributed by atoms with van der Waals surface area (Å²) in [7, 11) is 0. The molecule has 0 radical (unpaired) electrons. The second-order valence-electron chi connectivity index (χ2n) is 6.51.